The average Bonchev–Trinajstić information content (AvgIpc) is 2.68. The topological polar surface area (TPSA) is 92.4 Å². The van der Waals surface area contributed by atoms with E-state index in [9.17, 15) is 0 Å². The molecule has 0 unspecified atom stereocenters. The Morgan fingerprint density at radius 3 is 2.79 bits per heavy atom. The normalized spacial score (nSPS) is 9.43. The molecule has 0 saturated heterocycles. The van der Waals surface area contributed by atoms with E-state index in [1.165, 1.54) is 4.68 Å². The number of hydrogen-bond donors (Lipinski definition) is 0. The number of aromatic nitrogens is 4. The van der Waals surface area contributed by atoms with E-state index in [0.717, 1.165) is 5.69 Å². The Hall–Kier alpha value is -2.40. The summed E-state index contributed by atoms with van der Waals surface area (Å²) in [7, 11) is 0. The van der Waals surface area contributed by atoms with Crippen LogP contribution in [0.1, 0.15) is 0 Å². The molecule has 0 spiro atoms. The molecular formula is C7H5N7. The van der Waals surface area contributed by atoms with Crippen molar-refractivity contribution in [3.05, 3.63) is 40.8 Å². The van der Waals surface area contributed by atoms with Gasteiger partial charge in [0.2, 0.25) is 5.95 Å². The summed E-state index contributed by atoms with van der Waals surface area (Å²) < 4.78 is 1.36. The van der Waals surface area contributed by atoms with Gasteiger partial charge in [-0.05, 0) is 33.2 Å². The quantitative estimate of drug-likeness (QED) is 0.406. The van der Waals surface area contributed by atoms with Crippen LogP contribution < -0.4 is 0 Å². The van der Waals surface area contributed by atoms with Gasteiger partial charge in [0.1, 0.15) is 0 Å². The molecule has 2 aromatic rings. The zero-order valence-electron chi connectivity index (χ0n) is 7.02. The minimum absolute atomic E-state index is 0.124. The number of rotatable bonds is 2. The molecule has 2 rings (SSSR count). The highest BCUT2D eigenvalue weighted by atomic mass is 15.6. The van der Waals surface area contributed by atoms with Crippen molar-refractivity contribution >= 4 is 5.95 Å². The van der Waals surface area contributed by atoms with E-state index >= 15 is 0 Å². The van der Waals surface area contributed by atoms with Gasteiger partial charge in [0.25, 0.3) is 0 Å². The number of azide groups is 1. The van der Waals surface area contributed by atoms with Crippen LogP contribution in [0.5, 0.6) is 0 Å². The Labute approximate surface area is 78.6 Å². The van der Waals surface area contributed by atoms with E-state index in [4.69, 9.17) is 5.53 Å². The highest BCUT2D eigenvalue weighted by Crippen LogP contribution is 2.12. The van der Waals surface area contributed by atoms with Gasteiger partial charge >= 0.3 is 0 Å². The van der Waals surface area contributed by atoms with Gasteiger partial charge in [-0.15, -0.1) is 5.10 Å². The fraction of sp³-hybridized carbons (Fsp3) is 0. The largest absolute Gasteiger partial charge is 0.243 e. The SMILES string of the molecule is [N-]=[N+]=Nc1nnnn1-c1ccccc1. The Bertz CT molecular complexity index is 468. The van der Waals surface area contributed by atoms with Crippen molar-refractivity contribution in [3.8, 4) is 5.69 Å². The van der Waals surface area contributed by atoms with Crippen LogP contribution in [0.4, 0.5) is 5.95 Å². The summed E-state index contributed by atoms with van der Waals surface area (Å²) in [5.41, 5.74) is 9.01. The molecular weight excluding hydrogens is 182 g/mol. The fourth-order valence-electron chi connectivity index (χ4n) is 1.02. The Morgan fingerprint density at radius 2 is 2.07 bits per heavy atom. The molecule has 14 heavy (non-hydrogen) atoms. The van der Waals surface area contributed by atoms with Gasteiger partial charge < -0.3 is 0 Å². The molecule has 0 saturated carbocycles. The lowest BCUT2D eigenvalue weighted by Crippen LogP contribution is -1.95. The third kappa shape index (κ3) is 1.39. The first kappa shape index (κ1) is 8.21. The van der Waals surface area contributed by atoms with Gasteiger partial charge in [0.05, 0.1) is 5.69 Å². The Morgan fingerprint density at radius 1 is 1.29 bits per heavy atom. The molecule has 0 N–H and O–H groups in total. The molecule has 0 aliphatic rings. The predicted molar refractivity (Wildman–Crippen MR) is 48.0 cm³/mol. The van der Waals surface area contributed by atoms with E-state index in [0.29, 0.717) is 0 Å². The van der Waals surface area contributed by atoms with E-state index in [1.807, 2.05) is 30.3 Å². The maximum Gasteiger partial charge on any atom is 0.243 e. The second-order valence-electron chi connectivity index (χ2n) is 2.42. The van der Waals surface area contributed by atoms with Crippen LogP contribution in [-0.2, 0) is 0 Å². The predicted octanol–water partition coefficient (Wildman–Crippen LogP) is 1.60. The second-order valence-corrected chi connectivity index (χ2v) is 2.42. The van der Waals surface area contributed by atoms with Crippen molar-refractivity contribution in [2.24, 2.45) is 5.11 Å². The number of tetrazole rings is 1. The van der Waals surface area contributed by atoms with Gasteiger partial charge in [-0.1, -0.05) is 18.2 Å². The highest BCUT2D eigenvalue weighted by molar-refractivity contribution is 5.35. The summed E-state index contributed by atoms with van der Waals surface area (Å²) in [6.45, 7) is 0. The molecule has 0 atom stereocenters. The molecule has 0 amide bonds. The lowest BCUT2D eigenvalue weighted by Gasteiger charge is -1.98. The zero-order chi connectivity index (χ0) is 9.80. The summed E-state index contributed by atoms with van der Waals surface area (Å²) in [4.78, 5) is 2.63. The number of para-hydroxylation sites is 1. The molecule has 68 valence electrons. The van der Waals surface area contributed by atoms with Crippen LogP contribution >= 0.6 is 0 Å². The van der Waals surface area contributed by atoms with Crippen LogP contribution in [0, 0.1) is 0 Å². The molecule has 1 aromatic heterocycles. The molecule has 7 nitrogen and oxygen atoms in total. The van der Waals surface area contributed by atoms with Crippen molar-refractivity contribution in [1.29, 1.82) is 0 Å². The van der Waals surface area contributed by atoms with E-state index in [2.05, 4.69) is 25.6 Å². The minimum Gasteiger partial charge on any atom is -0.191 e. The minimum atomic E-state index is 0.124. The molecule has 0 aliphatic carbocycles. The summed E-state index contributed by atoms with van der Waals surface area (Å²) in [5, 5.41) is 14.0. The summed E-state index contributed by atoms with van der Waals surface area (Å²) in [6.07, 6.45) is 0. The second kappa shape index (κ2) is 3.55. The first-order chi connectivity index (χ1) is 6.92. The molecule has 0 radical (unpaired) electrons. The first-order valence-electron chi connectivity index (χ1n) is 3.81. The van der Waals surface area contributed by atoms with Crippen LogP contribution in [0.15, 0.2) is 35.4 Å². The number of benzene rings is 1. The Balaban J connectivity index is 2.52. The molecule has 1 heterocycles. The van der Waals surface area contributed by atoms with Gasteiger partial charge in [-0.3, -0.25) is 0 Å². The van der Waals surface area contributed by atoms with E-state index in [1.54, 1.807) is 0 Å². The third-order valence-electron chi connectivity index (χ3n) is 1.59. The standard InChI is InChI=1S/C7H5N7/c8-11-9-7-10-12-13-14(7)6-4-2-1-3-5-6/h1-5H. The van der Waals surface area contributed by atoms with Crippen LogP contribution in [0.2, 0.25) is 0 Å². The lowest BCUT2D eigenvalue weighted by atomic mass is 10.3. The van der Waals surface area contributed by atoms with Crippen molar-refractivity contribution in [2.75, 3.05) is 0 Å². The maximum atomic E-state index is 8.26. The maximum absolute atomic E-state index is 8.26. The molecule has 0 aliphatic heterocycles. The van der Waals surface area contributed by atoms with Crippen molar-refractivity contribution < 1.29 is 0 Å². The summed E-state index contributed by atoms with van der Waals surface area (Å²) >= 11 is 0. The first-order valence-corrected chi connectivity index (χ1v) is 3.81. The molecule has 0 bridgehead atoms. The summed E-state index contributed by atoms with van der Waals surface area (Å²) in [5.74, 6) is 0.124. The number of hydrogen-bond acceptors (Lipinski definition) is 4. The van der Waals surface area contributed by atoms with Crippen LogP contribution in [0.3, 0.4) is 0 Å². The molecule has 0 fully saturated rings. The average molecular weight is 187 g/mol. The highest BCUT2D eigenvalue weighted by Gasteiger charge is 2.04. The zero-order valence-corrected chi connectivity index (χ0v) is 7.02. The van der Waals surface area contributed by atoms with Gasteiger partial charge in [0.15, 0.2) is 0 Å². The van der Waals surface area contributed by atoms with Crippen molar-refractivity contribution in [1.82, 2.24) is 20.2 Å². The van der Waals surface area contributed by atoms with Crippen molar-refractivity contribution in [2.45, 2.75) is 0 Å². The Kier molecular flexibility index (Phi) is 2.08. The molecule has 1 aromatic carbocycles. The number of nitrogens with zero attached hydrogens (tertiary/aromatic N) is 7. The molecule has 7 heteroatoms. The van der Waals surface area contributed by atoms with E-state index in [-0.39, 0.29) is 5.95 Å². The third-order valence-corrected chi connectivity index (χ3v) is 1.59. The van der Waals surface area contributed by atoms with Crippen molar-refractivity contribution in [3.63, 3.8) is 0 Å². The van der Waals surface area contributed by atoms with Crippen LogP contribution in [0.25, 0.3) is 16.1 Å². The lowest BCUT2D eigenvalue weighted by molar-refractivity contribution is 0.789. The fourth-order valence-corrected chi connectivity index (χ4v) is 1.02. The van der Waals surface area contributed by atoms with Gasteiger partial charge in [-0.25, -0.2) is 0 Å². The monoisotopic (exact) mass is 187 g/mol. The van der Waals surface area contributed by atoms with Gasteiger partial charge in [-0.2, -0.15) is 4.68 Å². The smallest absolute Gasteiger partial charge is 0.191 e. The van der Waals surface area contributed by atoms with Crippen LogP contribution in [-0.4, -0.2) is 20.2 Å². The van der Waals surface area contributed by atoms with Gasteiger partial charge in [0, 0.05) is 4.91 Å². The van der Waals surface area contributed by atoms with E-state index < -0.39 is 0 Å². The summed E-state index contributed by atoms with van der Waals surface area (Å²) in [6, 6.07) is 9.19.